The standard InChI is InChI=1S/C15H13FOS/c1-10-5-3-6-12(9-10)18-14-8-4-7-13(16)15(14)11(2)17/h3-9H,1-2H3. The van der Waals surface area contributed by atoms with Crippen LogP contribution in [0.2, 0.25) is 0 Å². The molecular formula is C15H13FOS. The Morgan fingerprint density at radius 3 is 2.56 bits per heavy atom. The fraction of sp³-hybridized carbons (Fsp3) is 0.133. The van der Waals surface area contributed by atoms with Crippen molar-refractivity contribution in [2.45, 2.75) is 23.6 Å². The number of hydrogen-bond donors (Lipinski definition) is 0. The number of Topliss-reactive ketones (excluding diaryl/α,β-unsaturated/α-hetero) is 1. The van der Waals surface area contributed by atoms with E-state index in [1.807, 2.05) is 31.2 Å². The third kappa shape index (κ3) is 2.79. The maximum absolute atomic E-state index is 13.6. The fourth-order valence-corrected chi connectivity index (χ4v) is 2.87. The molecule has 0 fully saturated rings. The highest BCUT2D eigenvalue weighted by Gasteiger charge is 2.13. The first-order chi connectivity index (χ1) is 8.58. The summed E-state index contributed by atoms with van der Waals surface area (Å²) in [5.41, 5.74) is 1.31. The van der Waals surface area contributed by atoms with E-state index in [-0.39, 0.29) is 11.3 Å². The Labute approximate surface area is 110 Å². The van der Waals surface area contributed by atoms with E-state index in [0.717, 1.165) is 10.5 Å². The molecule has 3 heteroatoms. The quantitative estimate of drug-likeness (QED) is 0.756. The van der Waals surface area contributed by atoms with Crippen LogP contribution in [0, 0.1) is 12.7 Å². The average molecular weight is 260 g/mol. The largest absolute Gasteiger partial charge is 0.294 e. The average Bonchev–Trinajstić information content (AvgIpc) is 2.28. The van der Waals surface area contributed by atoms with E-state index < -0.39 is 5.82 Å². The third-order valence-corrected chi connectivity index (χ3v) is 3.59. The Morgan fingerprint density at radius 2 is 1.89 bits per heavy atom. The lowest BCUT2D eigenvalue weighted by Gasteiger charge is -2.08. The predicted octanol–water partition coefficient (Wildman–Crippen LogP) is 4.49. The second-order valence-electron chi connectivity index (χ2n) is 4.09. The number of aryl methyl sites for hydroxylation is 1. The smallest absolute Gasteiger partial charge is 0.163 e. The molecule has 0 saturated carbocycles. The molecule has 0 aliphatic heterocycles. The van der Waals surface area contributed by atoms with E-state index in [4.69, 9.17) is 0 Å². The summed E-state index contributed by atoms with van der Waals surface area (Å²) in [5.74, 6) is -0.705. The summed E-state index contributed by atoms with van der Waals surface area (Å²) in [6.07, 6.45) is 0. The zero-order chi connectivity index (χ0) is 13.1. The van der Waals surface area contributed by atoms with Crippen LogP contribution >= 0.6 is 11.8 Å². The van der Waals surface area contributed by atoms with Crippen LogP contribution in [0.25, 0.3) is 0 Å². The van der Waals surface area contributed by atoms with Gasteiger partial charge in [-0.05, 0) is 38.1 Å². The van der Waals surface area contributed by atoms with E-state index in [1.54, 1.807) is 12.1 Å². The van der Waals surface area contributed by atoms with Gasteiger partial charge < -0.3 is 0 Å². The first-order valence-electron chi connectivity index (χ1n) is 5.62. The second-order valence-corrected chi connectivity index (χ2v) is 5.20. The number of rotatable bonds is 3. The highest BCUT2D eigenvalue weighted by Crippen LogP contribution is 2.32. The maximum atomic E-state index is 13.6. The van der Waals surface area contributed by atoms with E-state index in [0.29, 0.717) is 4.90 Å². The summed E-state index contributed by atoms with van der Waals surface area (Å²) in [6.45, 7) is 3.39. The molecule has 0 radical (unpaired) electrons. The molecule has 0 spiro atoms. The number of hydrogen-bond acceptors (Lipinski definition) is 2. The molecular weight excluding hydrogens is 247 g/mol. The SMILES string of the molecule is CC(=O)c1c(F)cccc1Sc1cccc(C)c1. The Morgan fingerprint density at radius 1 is 1.17 bits per heavy atom. The topological polar surface area (TPSA) is 17.1 Å². The van der Waals surface area contributed by atoms with Gasteiger partial charge in [0, 0.05) is 9.79 Å². The molecule has 2 aromatic carbocycles. The first kappa shape index (κ1) is 12.8. The van der Waals surface area contributed by atoms with Crippen LogP contribution in [0.1, 0.15) is 22.8 Å². The highest BCUT2D eigenvalue weighted by atomic mass is 32.2. The monoisotopic (exact) mass is 260 g/mol. The summed E-state index contributed by atoms with van der Waals surface area (Å²) in [4.78, 5) is 13.2. The molecule has 92 valence electrons. The van der Waals surface area contributed by atoms with E-state index >= 15 is 0 Å². The molecule has 0 aliphatic carbocycles. The van der Waals surface area contributed by atoms with Gasteiger partial charge in [-0.15, -0.1) is 0 Å². The van der Waals surface area contributed by atoms with Gasteiger partial charge in [0.1, 0.15) is 5.82 Å². The summed E-state index contributed by atoms with van der Waals surface area (Å²) >= 11 is 1.41. The van der Waals surface area contributed by atoms with E-state index in [2.05, 4.69) is 0 Å². The summed E-state index contributed by atoms with van der Waals surface area (Å²) < 4.78 is 13.6. The zero-order valence-corrected chi connectivity index (χ0v) is 11.1. The van der Waals surface area contributed by atoms with Gasteiger partial charge in [-0.25, -0.2) is 4.39 Å². The molecule has 0 unspecified atom stereocenters. The minimum Gasteiger partial charge on any atom is -0.294 e. The Balaban J connectivity index is 2.40. The Kier molecular flexibility index (Phi) is 3.82. The van der Waals surface area contributed by atoms with Gasteiger partial charge in [-0.3, -0.25) is 4.79 Å². The lowest BCUT2D eigenvalue weighted by Crippen LogP contribution is -1.99. The second kappa shape index (κ2) is 5.36. The van der Waals surface area contributed by atoms with Gasteiger partial charge in [0.25, 0.3) is 0 Å². The summed E-state index contributed by atoms with van der Waals surface area (Å²) in [5, 5.41) is 0. The van der Waals surface area contributed by atoms with Crippen LogP contribution < -0.4 is 0 Å². The molecule has 0 aliphatic rings. The lowest BCUT2D eigenvalue weighted by molar-refractivity contribution is 0.101. The highest BCUT2D eigenvalue weighted by molar-refractivity contribution is 7.99. The van der Waals surface area contributed by atoms with Crippen LogP contribution in [0.3, 0.4) is 0 Å². The molecule has 0 saturated heterocycles. The fourth-order valence-electron chi connectivity index (χ4n) is 1.74. The van der Waals surface area contributed by atoms with Crippen LogP contribution in [-0.4, -0.2) is 5.78 Å². The molecule has 2 aromatic rings. The van der Waals surface area contributed by atoms with Crippen LogP contribution in [0.15, 0.2) is 52.3 Å². The Bertz CT molecular complexity index is 593. The molecule has 0 bridgehead atoms. The van der Waals surface area contributed by atoms with Gasteiger partial charge in [0.05, 0.1) is 5.56 Å². The van der Waals surface area contributed by atoms with Crippen molar-refractivity contribution in [3.8, 4) is 0 Å². The molecule has 2 rings (SSSR count). The van der Waals surface area contributed by atoms with E-state index in [9.17, 15) is 9.18 Å². The summed E-state index contributed by atoms with van der Waals surface area (Å²) in [6, 6.07) is 12.6. The summed E-state index contributed by atoms with van der Waals surface area (Å²) in [7, 11) is 0. The lowest BCUT2D eigenvalue weighted by atomic mass is 10.1. The van der Waals surface area contributed by atoms with Crippen molar-refractivity contribution in [2.75, 3.05) is 0 Å². The van der Waals surface area contributed by atoms with Crippen LogP contribution in [0.5, 0.6) is 0 Å². The molecule has 0 amide bonds. The van der Waals surface area contributed by atoms with Crippen molar-refractivity contribution >= 4 is 17.5 Å². The molecule has 0 atom stereocenters. The number of benzene rings is 2. The normalized spacial score (nSPS) is 10.4. The van der Waals surface area contributed by atoms with Crippen molar-refractivity contribution in [3.63, 3.8) is 0 Å². The van der Waals surface area contributed by atoms with Crippen molar-refractivity contribution in [1.82, 2.24) is 0 Å². The third-order valence-electron chi connectivity index (χ3n) is 2.54. The number of carbonyl (C=O) groups excluding carboxylic acids is 1. The van der Waals surface area contributed by atoms with E-state index in [1.165, 1.54) is 24.8 Å². The van der Waals surface area contributed by atoms with Crippen molar-refractivity contribution in [2.24, 2.45) is 0 Å². The molecule has 0 heterocycles. The van der Waals surface area contributed by atoms with Gasteiger partial charge in [0.15, 0.2) is 5.78 Å². The van der Waals surface area contributed by atoms with Crippen LogP contribution in [-0.2, 0) is 0 Å². The number of ketones is 1. The molecule has 0 aromatic heterocycles. The van der Waals surface area contributed by atoms with Crippen molar-refractivity contribution in [3.05, 3.63) is 59.4 Å². The number of carbonyl (C=O) groups is 1. The van der Waals surface area contributed by atoms with Crippen LogP contribution in [0.4, 0.5) is 4.39 Å². The van der Waals surface area contributed by atoms with Crippen molar-refractivity contribution in [1.29, 1.82) is 0 Å². The van der Waals surface area contributed by atoms with Gasteiger partial charge in [-0.1, -0.05) is 35.5 Å². The molecule has 0 N–H and O–H groups in total. The Hall–Kier alpha value is -1.61. The molecule has 18 heavy (non-hydrogen) atoms. The molecule has 1 nitrogen and oxygen atoms in total. The zero-order valence-electron chi connectivity index (χ0n) is 10.2. The van der Waals surface area contributed by atoms with Gasteiger partial charge in [0.2, 0.25) is 0 Å². The van der Waals surface area contributed by atoms with Gasteiger partial charge in [-0.2, -0.15) is 0 Å². The number of halogens is 1. The first-order valence-corrected chi connectivity index (χ1v) is 6.43. The minimum atomic E-state index is -0.458. The maximum Gasteiger partial charge on any atom is 0.163 e. The minimum absolute atomic E-state index is 0.170. The predicted molar refractivity (Wildman–Crippen MR) is 71.7 cm³/mol. The van der Waals surface area contributed by atoms with Gasteiger partial charge >= 0.3 is 0 Å². The van der Waals surface area contributed by atoms with Crippen molar-refractivity contribution < 1.29 is 9.18 Å².